The van der Waals surface area contributed by atoms with Gasteiger partial charge in [-0.05, 0) is 38.2 Å². The number of fused-ring (bicyclic) bond motifs is 5. The number of carbonyl (C=O) groups excluding carboxylic acids is 1. The first-order valence-corrected chi connectivity index (χ1v) is 15.2. The molecule has 10 nitrogen and oxygen atoms in total. The van der Waals surface area contributed by atoms with E-state index in [2.05, 4.69) is 58.7 Å². The van der Waals surface area contributed by atoms with Gasteiger partial charge < -0.3 is 15.0 Å². The van der Waals surface area contributed by atoms with Gasteiger partial charge in [0.15, 0.2) is 5.65 Å². The molecule has 10 heteroatoms. The molecule has 0 radical (unpaired) electrons. The highest BCUT2D eigenvalue weighted by Gasteiger charge is 2.47. The zero-order valence-electron chi connectivity index (χ0n) is 24.1. The van der Waals surface area contributed by atoms with E-state index in [4.69, 9.17) is 19.8 Å². The molecule has 5 aliphatic rings. The van der Waals surface area contributed by atoms with E-state index in [0.29, 0.717) is 25.0 Å². The van der Waals surface area contributed by atoms with Gasteiger partial charge in [0.1, 0.15) is 18.3 Å². The summed E-state index contributed by atoms with van der Waals surface area (Å²) in [6.07, 6.45) is 17.3. The number of carbonyl (C=O) groups is 1. The topological polar surface area (TPSA) is 100 Å². The van der Waals surface area contributed by atoms with Crippen LogP contribution in [0, 0.1) is 5.92 Å². The minimum absolute atomic E-state index is 0.127. The minimum Gasteiger partial charge on any atom is -0.356 e. The third-order valence-corrected chi connectivity index (χ3v) is 9.68. The fourth-order valence-electron chi connectivity index (χ4n) is 7.69. The zero-order valence-corrected chi connectivity index (χ0v) is 24.1. The summed E-state index contributed by atoms with van der Waals surface area (Å²) in [4.78, 5) is 26.0. The van der Waals surface area contributed by atoms with Crippen LogP contribution in [0.3, 0.4) is 0 Å². The molecule has 216 valence electrons. The number of hydrazone groups is 1. The maximum atomic E-state index is 13.7. The third kappa shape index (κ3) is 4.14. The summed E-state index contributed by atoms with van der Waals surface area (Å²) in [7, 11) is 1.94. The first-order valence-electron chi connectivity index (χ1n) is 15.2. The van der Waals surface area contributed by atoms with Crippen LogP contribution in [0.25, 0.3) is 16.8 Å². The van der Waals surface area contributed by atoms with Gasteiger partial charge in [-0.25, -0.2) is 4.98 Å². The van der Waals surface area contributed by atoms with Crippen molar-refractivity contribution in [2.45, 2.75) is 69.6 Å². The summed E-state index contributed by atoms with van der Waals surface area (Å²) < 4.78 is 7.78. The van der Waals surface area contributed by atoms with E-state index in [0.717, 1.165) is 78.2 Å². The Morgan fingerprint density at radius 3 is 2.69 bits per heavy atom. The van der Waals surface area contributed by atoms with Gasteiger partial charge in [0.2, 0.25) is 0 Å². The number of nitrogens with zero attached hydrogens (tertiary/aromatic N) is 7. The maximum Gasteiger partial charge on any atom is 0.270 e. The molecular formula is C32H36N8O2. The minimum atomic E-state index is 0.127. The molecule has 3 aromatic rings. The number of pyridine rings is 1. The largest absolute Gasteiger partial charge is 0.356 e. The van der Waals surface area contributed by atoms with Crippen molar-refractivity contribution in [2.24, 2.45) is 11.0 Å². The van der Waals surface area contributed by atoms with Crippen molar-refractivity contribution < 1.29 is 9.53 Å². The van der Waals surface area contributed by atoms with Crippen LogP contribution in [0.2, 0.25) is 0 Å². The van der Waals surface area contributed by atoms with Gasteiger partial charge in [-0.2, -0.15) is 14.7 Å². The summed E-state index contributed by atoms with van der Waals surface area (Å²) in [5.41, 5.74) is 6.74. The standard InChI is InChI=1S/C32H36N8O2/c1-19-16-38(2)37-28(19)32(41)39-23-9-10-24(39)13-22(12-23)29-26-17-42-18-34-30(26)40-31(36-29)25(15-35-40)21-8-11-27(33-14-21)20-6-4-3-5-7-20/h3-6,8,11,14-15,19-20,22-24,34H,7,9-10,12-13,16-18H2,1-2H3. The lowest BCUT2D eigenvalue weighted by atomic mass is 9.85. The number of hydrogen-bond acceptors (Lipinski definition) is 8. The molecule has 4 unspecified atom stereocenters. The van der Waals surface area contributed by atoms with E-state index < -0.39 is 0 Å². The Kier molecular flexibility index (Phi) is 6.13. The van der Waals surface area contributed by atoms with Crippen molar-refractivity contribution in [3.63, 3.8) is 0 Å². The smallest absolute Gasteiger partial charge is 0.270 e. The highest BCUT2D eigenvalue weighted by atomic mass is 16.5. The molecule has 8 rings (SSSR count). The van der Waals surface area contributed by atoms with Crippen molar-refractivity contribution >= 4 is 23.1 Å². The number of nitrogens with one attached hydrogen (secondary N) is 1. The van der Waals surface area contributed by atoms with Crippen molar-refractivity contribution in [3.05, 3.63) is 65.8 Å². The monoisotopic (exact) mass is 564 g/mol. The second-order valence-electron chi connectivity index (χ2n) is 12.4. The van der Waals surface area contributed by atoms with Gasteiger partial charge in [-0.15, -0.1) is 0 Å². The third-order valence-electron chi connectivity index (χ3n) is 9.68. The maximum absolute atomic E-state index is 13.7. The number of rotatable bonds is 4. The number of piperidine rings is 1. The Morgan fingerprint density at radius 1 is 1.12 bits per heavy atom. The molecular weight excluding hydrogens is 528 g/mol. The van der Waals surface area contributed by atoms with Crippen molar-refractivity contribution in [3.8, 4) is 11.1 Å². The number of anilines is 1. The summed E-state index contributed by atoms with van der Waals surface area (Å²) in [6, 6.07) is 4.67. The number of aromatic nitrogens is 4. The average molecular weight is 565 g/mol. The van der Waals surface area contributed by atoms with Crippen LogP contribution in [0.1, 0.15) is 67.8 Å². The molecule has 42 heavy (non-hydrogen) atoms. The Bertz CT molecular complexity index is 1630. The molecule has 0 aromatic carbocycles. The lowest BCUT2D eigenvalue weighted by Gasteiger charge is -2.39. The van der Waals surface area contributed by atoms with Crippen molar-refractivity contribution in [1.29, 1.82) is 0 Å². The summed E-state index contributed by atoms with van der Waals surface area (Å²) in [5.74, 6) is 1.81. The average Bonchev–Trinajstić information content (AvgIpc) is 3.69. The van der Waals surface area contributed by atoms with Crippen LogP contribution in [-0.4, -0.2) is 73.5 Å². The molecule has 2 bridgehead atoms. The van der Waals surface area contributed by atoms with Gasteiger partial charge in [0, 0.05) is 72.0 Å². The lowest BCUT2D eigenvalue weighted by molar-refractivity contribution is -0.128. The van der Waals surface area contributed by atoms with Gasteiger partial charge in [-0.3, -0.25) is 14.8 Å². The first kappa shape index (κ1) is 25.6. The Balaban J connectivity index is 1.13. The van der Waals surface area contributed by atoms with Crippen molar-refractivity contribution in [1.82, 2.24) is 29.5 Å². The molecule has 7 heterocycles. The van der Waals surface area contributed by atoms with Gasteiger partial charge >= 0.3 is 0 Å². The summed E-state index contributed by atoms with van der Waals surface area (Å²) in [5, 5.41) is 14.7. The Hall–Kier alpha value is -4.05. The van der Waals surface area contributed by atoms with Crippen LogP contribution in [0.5, 0.6) is 0 Å². The predicted octanol–water partition coefficient (Wildman–Crippen LogP) is 4.47. The molecule has 0 saturated carbocycles. The van der Waals surface area contributed by atoms with Crippen molar-refractivity contribution in [2.75, 3.05) is 25.6 Å². The molecule has 1 amide bonds. The quantitative estimate of drug-likeness (QED) is 0.499. The van der Waals surface area contributed by atoms with Crippen LogP contribution < -0.4 is 5.32 Å². The van der Waals surface area contributed by atoms with Gasteiger partial charge in [0.05, 0.1) is 18.5 Å². The molecule has 2 fully saturated rings. The van der Waals surface area contributed by atoms with Crippen LogP contribution in [0.15, 0.2) is 53.9 Å². The van der Waals surface area contributed by atoms with Crippen LogP contribution >= 0.6 is 0 Å². The van der Waals surface area contributed by atoms with Crippen LogP contribution in [0.4, 0.5) is 5.82 Å². The Morgan fingerprint density at radius 2 is 1.98 bits per heavy atom. The van der Waals surface area contributed by atoms with E-state index >= 15 is 0 Å². The fraction of sp³-hybridized carbons (Fsp3) is 0.469. The van der Waals surface area contributed by atoms with E-state index in [1.165, 1.54) is 0 Å². The molecule has 0 spiro atoms. The molecule has 4 atom stereocenters. The van der Waals surface area contributed by atoms with E-state index in [1.54, 1.807) is 0 Å². The molecule has 4 aliphatic heterocycles. The molecule has 2 saturated heterocycles. The second-order valence-corrected chi connectivity index (χ2v) is 12.4. The zero-order chi connectivity index (χ0) is 28.4. The molecule has 1 aliphatic carbocycles. The summed E-state index contributed by atoms with van der Waals surface area (Å²) in [6.45, 7) is 3.85. The van der Waals surface area contributed by atoms with Crippen LogP contribution in [-0.2, 0) is 16.1 Å². The van der Waals surface area contributed by atoms with E-state index in [-0.39, 0.29) is 29.8 Å². The Labute approximate surface area is 245 Å². The number of allylic oxidation sites excluding steroid dienone is 4. The highest BCUT2D eigenvalue weighted by Crippen LogP contribution is 2.45. The number of hydrogen-bond donors (Lipinski definition) is 1. The highest BCUT2D eigenvalue weighted by molar-refractivity contribution is 6.40. The number of ether oxygens (including phenoxy) is 1. The molecule has 1 N–H and O–H groups in total. The second kappa shape index (κ2) is 10.0. The fourth-order valence-corrected chi connectivity index (χ4v) is 7.69. The number of amides is 1. The lowest BCUT2D eigenvalue weighted by Crippen LogP contribution is -2.49. The first-order chi connectivity index (χ1) is 20.5. The van der Waals surface area contributed by atoms with E-state index in [1.807, 2.05) is 29.0 Å². The summed E-state index contributed by atoms with van der Waals surface area (Å²) >= 11 is 0. The van der Waals surface area contributed by atoms with E-state index in [9.17, 15) is 4.79 Å². The predicted molar refractivity (Wildman–Crippen MR) is 160 cm³/mol. The normalized spacial score (nSPS) is 28.2. The van der Waals surface area contributed by atoms with Gasteiger partial charge in [-0.1, -0.05) is 37.3 Å². The van der Waals surface area contributed by atoms with Gasteiger partial charge in [0.25, 0.3) is 5.91 Å². The SMILES string of the molecule is CC1CN(C)N=C1C(=O)N1C2CCC1CC(c1nc3c(-c4ccc(C5C=CC=CC5)nc4)cnn3c3c1COCN3)C2. The molecule has 3 aromatic heterocycles.